The molecule has 1 aromatic carbocycles. The van der Waals surface area contributed by atoms with Crippen molar-refractivity contribution in [3.63, 3.8) is 0 Å². The highest BCUT2D eigenvalue weighted by Crippen LogP contribution is 2.16. The van der Waals surface area contributed by atoms with Crippen molar-refractivity contribution in [1.82, 2.24) is 10.3 Å². The van der Waals surface area contributed by atoms with Gasteiger partial charge in [-0.25, -0.2) is 9.37 Å². The summed E-state index contributed by atoms with van der Waals surface area (Å²) in [5.41, 5.74) is 2.85. The zero-order chi connectivity index (χ0) is 17.0. The number of pyridine rings is 1. The molecule has 1 heterocycles. The normalized spacial score (nSPS) is 9.05. The minimum Gasteiger partial charge on any atom is -0.473 e. The van der Waals surface area contributed by atoms with Gasteiger partial charge in [-0.3, -0.25) is 0 Å². The molecule has 3 nitrogen and oxygen atoms in total. The molecule has 0 aliphatic carbocycles. The molecule has 4 heteroatoms. The van der Waals surface area contributed by atoms with Crippen molar-refractivity contribution >= 4 is 0 Å². The lowest BCUT2D eigenvalue weighted by Crippen LogP contribution is -2.00. The Balaban J connectivity index is 0.000000789. The predicted octanol–water partition coefficient (Wildman–Crippen LogP) is 4.28. The minimum atomic E-state index is -0.222. The van der Waals surface area contributed by atoms with Gasteiger partial charge in [0.15, 0.2) is 0 Å². The fraction of sp³-hybridized carbons (Fsp3) is 0.389. The van der Waals surface area contributed by atoms with E-state index < -0.39 is 0 Å². The molecule has 0 saturated carbocycles. The number of hydrogen-bond acceptors (Lipinski definition) is 3. The molecular weight excluding hydrogens is 279 g/mol. The predicted molar refractivity (Wildman–Crippen MR) is 90.8 cm³/mol. The Morgan fingerprint density at radius 1 is 1.09 bits per heavy atom. The molecule has 0 unspecified atom stereocenters. The average molecular weight is 306 g/mol. The maximum atomic E-state index is 12.9. The lowest BCUT2D eigenvalue weighted by Gasteiger charge is -2.09. The van der Waals surface area contributed by atoms with Gasteiger partial charge in [0.05, 0.1) is 0 Å². The molecule has 1 N–H and O–H groups in total. The van der Waals surface area contributed by atoms with Gasteiger partial charge in [0.25, 0.3) is 0 Å². The standard InChI is InChI=1S/C14H14FNO.C2H7N.C2H6/c1-10-4-3-7-16-14(10)17-9-12-5-6-13(15)8-11(12)2;1-3-2;1-2/h3-8H,9H2,1-2H3;3H,1-2H3;1-2H3. The highest BCUT2D eigenvalue weighted by Gasteiger charge is 2.03. The van der Waals surface area contributed by atoms with E-state index in [1.807, 2.05) is 53.9 Å². The summed E-state index contributed by atoms with van der Waals surface area (Å²) in [7, 11) is 3.75. The first kappa shape index (κ1) is 20.1. The third-order valence-corrected chi connectivity index (χ3v) is 2.63. The lowest BCUT2D eigenvalue weighted by molar-refractivity contribution is 0.290. The summed E-state index contributed by atoms with van der Waals surface area (Å²) in [5.74, 6) is 0.400. The van der Waals surface area contributed by atoms with Crippen molar-refractivity contribution in [3.8, 4) is 5.88 Å². The van der Waals surface area contributed by atoms with Crippen LogP contribution in [0.2, 0.25) is 0 Å². The van der Waals surface area contributed by atoms with Gasteiger partial charge in [-0.1, -0.05) is 26.0 Å². The first-order valence-corrected chi connectivity index (χ1v) is 7.46. The average Bonchev–Trinajstić information content (AvgIpc) is 2.51. The van der Waals surface area contributed by atoms with Gasteiger partial charge in [0.1, 0.15) is 12.4 Å². The van der Waals surface area contributed by atoms with Crippen LogP contribution in [-0.2, 0) is 6.61 Å². The molecule has 0 fully saturated rings. The summed E-state index contributed by atoms with van der Waals surface area (Å²) >= 11 is 0. The Hall–Kier alpha value is -1.94. The fourth-order valence-electron chi connectivity index (χ4n) is 1.59. The zero-order valence-electron chi connectivity index (χ0n) is 14.4. The third kappa shape index (κ3) is 7.18. The van der Waals surface area contributed by atoms with Crippen molar-refractivity contribution < 1.29 is 9.13 Å². The monoisotopic (exact) mass is 306 g/mol. The molecule has 0 spiro atoms. The van der Waals surface area contributed by atoms with Crippen LogP contribution in [0.5, 0.6) is 5.88 Å². The molecule has 22 heavy (non-hydrogen) atoms. The van der Waals surface area contributed by atoms with E-state index in [4.69, 9.17) is 4.74 Å². The summed E-state index contributed by atoms with van der Waals surface area (Å²) in [4.78, 5) is 4.14. The number of halogens is 1. The van der Waals surface area contributed by atoms with E-state index >= 15 is 0 Å². The van der Waals surface area contributed by atoms with Crippen LogP contribution in [0.15, 0.2) is 36.5 Å². The van der Waals surface area contributed by atoms with E-state index in [0.717, 1.165) is 16.7 Å². The van der Waals surface area contributed by atoms with E-state index in [0.29, 0.717) is 12.5 Å². The van der Waals surface area contributed by atoms with Crippen LogP contribution in [0, 0.1) is 19.7 Å². The lowest BCUT2D eigenvalue weighted by atomic mass is 10.1. The number of nitrogens with one attached hydrogen (secondary N) is 1. The number of nitrogens with zero attached hydrogens (tertiary/aromatic N) is 1. The second kappa shape index (κ2) is 11.7. The van der Waals surface area contributed by atoms with E-state index in [9.17, 15) is 4.39 Å². The first-order chi connectivity index (χ1) is 10.6. The summed E-state index contributed by atoms with van der Waals surface area (Å²) in [6, 6.07) is 8.50. The number of rotatable bonds is 3. The molecule has 2 aromatic rings. The van der Waals surface area contributed by atoms with E-state index in [2.05, 4.69) is 10.3 Å². The third-order valence-electron chi connectivity index (χ3n) is 2.63. The quantitative estimate of drug-likeness (QED) is 0.919. The minimum absolute atomic E-state index is 0.222. The van der Waals surface area contributed by atoms with Gasteiger partial charge in [-0.2, -0.15) is 0 Å². The summed E-state index contributed by atoms with van der Waals surface area (Å²) in [6.45, 7) is 8.22. The number of ether oxygens (including phenoxy) is 1. The highest BCUT2D eigenvalue weighted by molar-refractivity contribution is 5.28. The van der Waals surface area contributed by atoms with Gasteiger partial charge < -0.3 is 10.1 Å². The maximum Gasteiger partial charge on any atom is 0.216 e. The van der Waals surface area contributed by atoms with Crippen molar-refractivity contribution in [1.29, 1.82) is 0 Å². The molecular formula is C18H27FN2O. The van der Waals surface area contributed by atoms with Crippen molar-refractivity contribution in [3.05, 3.63) is 59.0 Å². The molecule has 2 rings (SSSR count). The highest BCUT2D eigenvalue weighted by atomic mass is 19.1. The molecule has 0 amide bonds. The van der Waals surface area contributed by atoms with Crippen molar-refractivity contribution in [2.24, 2.45) is 0 Å². The Morgan fingerprint density at radius 2 is 1.73 bits per heavy atom. The molecule has 0 atom stereocenters. The van der Waals surface area contributed by atoms with Crippen LogP contribution in [0.4, 0.5) is 4.39 Å². The fourth-order valence-corrected chi connectivity index (χ4v) is 1.59. The van der Waals surface area contributed by atoms with E-state index in [1.54, 1.807) is 12.3 Å². The molecule has 0 radical (unpaired) electrons. The Labute approximate surface area is 133 Å². The van der Waals surface area contributed by atoms with Crippen LogP contribution < -0.4 is 10.1 Å². The molecule has 0 bridgehead atoms. The second-order valence-electron chi connectivity index (χ2n) is 4.48. The Morgan fingerprint density at radius 3 is 2.27 bits per heavy atom. The van der Waals surface area contributed by atoms with Gasteiger partial charge >= 0.3 is 0 Å². The summed E-state index contributed by atoms with van der Waals surface area (Å²) in [5, 5.41) is 2.75. The van der Waals surface area contributed by atoms with Crippen molar-refractivity contribution in [2.75, 3.05) is 14.1 Å². The topological polar surface area (TPSA) is 34.1 Å². The number of hydrogen-bond donors (Lipinski definition) is 1. The number of aromatic nitrogens is 1. The Bertz CT molecular complexity index is 544. The van der Waals surface area contributed by atoms with Gasteiger partial charge in [0.2, 0.25) is 5.88 Å². The van der Waals surface area contributed by atoms with Crippen LogP contribution in [-0.4, -0.2) is 19.1 Å². The SMILES string of the molecule is CC.CNC.Cc1cc(F)ccc1COc1ncccc1C. The summed E-state index contributed by atoms with van der Waals surface area (Å²) in [6.07, 6.45) is 1.69. The largest absolute Gasteiger partial charge is 0.473 e. The van der Waals surface area contributed by atoms with Crippen LogP contribution >= 0.6 is 0 Å². The molecule has 1 aromatic heterocycles. The Kier molecular flexibility index (Phi) is 10.7. The van der Waals surface area contributed by atoms with E-state index in [1.165, 1.54) is 12.1 Å². The van der Waals surface area contributed by atoms with Crippen LogP contribution in [0.1, 0.15) is 30.5 Å². The second-order valence-corrected chi connectivity index (χ2v) is 4.48. The van der Waals surface area contributed by atoms with Crippen LogP contribution in [0.3, 0.4) is 0 Å². The number of benzene rings is 1. The molecule has 0 aliphatic rings. The maximum absolute atomic E-state index is 12.9. The molecule has 0 saturated heterocycles. The van der Waals surface area contributed by atoms with Crippen molar-refractivity contribution in [2.45, 2.75) is 34.3 Å². The van der Waals surface area contributed by atoms with Gasteiger partial charge in [-0.05, 0) is 57.3 Å². The van der Waals surface area contributed by atoms with Gasteiger partial charge in [-0.15, -0.1) is 0 Å². The van der Waals surface area contributed by atoms with Gasteiger partial charge in [0, 0.05) is 11.8 Å². The van der Waals surface area contributed by atoms with E-state index in [-0.39, 0.29) is 5.82 Å². The summed E-state index contributed by atoms with van der Waals surface area (Å²) < 4.78 is 18.5. The number of aryl methyl sites for hydroxylation is 2. The zero-order valence-corrected chi connectivity index (χ0v) is 14.4. The first-order valence-electron chi connectivity index (χ1n) is 7.46. The smallest absolute Gasteiger partial charge is 0.216 e. The van der Waals surface area contributed by atoms with Crippen LogP contribution in [0.25, 0.3) is 0 Å². The molecule has 0 aliphatic heterocycles. The molecule has 122 valence electrons.